The van der Waals surface area contributed by atoms with Crippen LogP contribution >= 0.6 is 0 Å². The molecule has 0 amide bonds. The first-order valence-electron chi connectivity index (χ1n) is 7.38. The Balaban J connectivity index is 1.89. The van der Waals surface area contributed by atoms with Gasteiger partial charge in [-0.15, -0.1) is 0 Å². The van der Waals surface area contributed by atoms with E-state index < -0.39 is 5.79 Å². The Morgan fingerprint density at radius 2 is 2.00 bits per heavy atom. The van der Waals surface area contributed by atoms with Crippen LogP contribution in [0.15, 0.2) is 0 Å². The van der Waals surface area contributed by atoms with Crippen molar-refractivity contribution in [2.75, 3.05) is 36.9 Å². The number of anilines is 2. The summed E-state index contributed by atoms with van der Waals surface area (Å²) >= 11 is 0. The van der Waals surface area contributed by atoms with E-state index in [1.54, 1.807) is 0 Å². The smallest absolute Gasteiger partial charge is 0.186 e. The van der Waals surface area contributed by atoms with Crippen LogP contribution in [0.25, 0.3) is 0 Å². The molecule has 2 saturated heterocycles. The van der Waals surface area contributed by atoms with Crippen LogP contribution in [0.4, 0.5) is 11.5 Å². The molecule has 1 aromatic heterocycles. The molecular weight excluding hydrogens is 256 g/mol. The monoisotopic (exact) mass is 280 g/mol. The summed E-state index contributed by atoms with van der Waals surface area (Å²) in [4.78, 5) is 2.25. The first-order valence-corrected chi connectivity index (χ1v) is 7.38. The Bertz CT molecular complexity index is 492. The van der Waals surface area contributed by atoms with Gasteiger partial charge in [0.1, 0.15) is 0 Å². The van der Waals surface area contributed by atoms with Crippen molar-refractivity contribution in [1.82, 2.24) is 9.78 Å². The molecule has 0 aliphatic carbocycles. The zero-order valence-corrected chi connectivity index (χ0v) is 12.6. The number of nitrogens with zero attached hydrogens (tertiary/aromatic N) is 3. The second-order valence-corrected chi connectivity index (χ2v) is 6.03. The molecule has 6 heteroatoms. The number of aromatic nitrogens is 2. The summed E-state index contributed by atoms with van der Waals surface area (Å²) in [6, 6.07) is 0. The second kappa shape index (κ2) is 4.93. The van der Waals surface area contributed by atoms with Crippen molar-refractivity contribution in [3.63, 3.8) is 0 Å². The third kappa shape index (κ3) is 2.16. The van der Waals surface area contributed by atoms with Gasteiger partial charge in [-0.05, 0) is 12.3 Å². The van der Waals surface area contributed by atoms with Gasteiger partial charge in [0.05, 0.1) is 31.1 Å². The van der Waals surface area contributed by atoms with E-state index in [-0.39, 0.29) is 0 Å². The molecule has 2 aliphatic rings. The van der Waals surface area contributed by atoms with Gasteiger partial charge in [0.15, 0.2) is 11.6 Å². The number of hydrogen-bond donors (Lipinski definition) is 1. The topological polar surface area (TPSA) is 65.5 Å². The fraction of sp³-hybridized carbons (Fsp3) is 0.786. The lowest BCUT2D eigenvalue weighted by atomic mass is 10.0. The van der Waals surface area contributed by atoms with Crippen LogP contribution in [0.5, 0.6) is 0 Å². The van der Waals surface area contributed by atoms with Crippen molar-refractivity contribution >= 4 is 11.5 Å². The molecule has 1 aromatic rings. The zero-order valence-electron chi connectivity index (χ0n) is 12.6. The Morgan fingerprint density at radius 3 is 2.60 bits per heavy atom. The Morgan fingerprint density at radius 1 is 1.30 bits per heavy atom. The summed E-state index contributed by atoms with van der Waals surface area (Å²) in [6.07, 6.45) is 2.00. The molecule has 2 fully saturated rings. The summed E-state index contributed by atoms with van der Waals surface area (Å²) < 4.78 is 13.6. The van der Waals surface area contributed by atoms with Crippen LogP contribution in [-0.2, 0) is 16.5 Å². The van der Waals surface area contributed by atoms with Gasteiger partial charge in [-0.3, -0.25) is 4.68 Å². The van der Waals surface area contributed by atoms with E-state index >= 15 is 0 Å². The van der Waals surface area contributed by atoms with Crippen molar-refractivity contribution < 1.29 is 9.47 Å². The number of aryl methyl sites for hydroxylation is 1. The summed E-state index contributed by atoms with van der Waals surface area (Å²) in [5.74, 6) is 0.881. The van der Waals surface area contributed by atoms with E-state index in [1.165, 1.54) is 0 Å². The molecule has 3 heterocycles. The van der Waals surface area contributed by atoms with Crippen molar-refractivity contribution in [2.24, 2.45) is 7.05 Å². The summed E-state index contributed by atoms with van der Waals surface area (Å²) in [7, 11) is 1.95. The molecule has 0 bridgehead atoms. The predicted octanol–water partition coefficient (Wildman–Crippen LogP) is 1.47. The van der Waals surface area contributed by atoms with Gasteiger partial charge < -0.3 is 20.1 Å². The number of nitrogen functional groups attached to an aromatic ring is 1. The van der Waals surface area contributed by atoms with Crippen molar-refractivity contribution in [3.05, 3.63) is 5.69 Å². The average Bonchev–Trinajstić information content (AvgIpc) is 2.95. The minimum atomic E-state index is -0.438. The van der Waals surface area contributed by atoms with Gasteiger partial charge >= 0.3 is 0 Å². The predicted molar refractivity (Wildman–Crippen MR) is 77.8 cm³/mol. The summed E-state index contributed by atoms with van der Waals surface area (Å²) in [6.45, 7) is 7.30. The maximum Gasteiger partial charge on any atom is 0.186 e. The molecule has 2 N–H and O–H groups in total. The van der Waals surface area contributed by atoms with E-state index in [0.717, 1.165) is 43.1 Å². The summed E-state index contributed by atoms with van der Waals surface area (Å²) in [5, 5.41) is 4.57. The quantitative estimate of drug-likeness (QED) is 0.888. The van der Waals surface area contributed by atoms with Gasteiger partial charge in [0.2, 0.25) is 0 Å². The first kappa shape index (κ1) is 13.7. The number of ether oxygens (including phenoxy) is 2. The molecule has 6 nitrogen and oxygen atoms in total. The molecule has 1 spiro atoms. The highest BCUT2D eigenvalue weighted by Gasteiger charge is 2.42. The summed E-state index contributed by atoms with van der Waals surface area (Å²) in [5.41, 5.74) is 8.07. The van der Waals surface area contributed by atoms with Gasteiger partial charge in [0.25, 0.3) is 0 Å². The number of piperidine rings is 1. The number of hydrogen-bond acceptors (Lipinski definition) is 5. The van der Waals surface area contributed by atoms with Crippen LogP contribution in [0.2, 0.25) is 0 Å². The minimum Gasteiger partial charge on any atom is -0.394 e. The van der Waals surface area contributed by atoms with Crippen LogP contribution < -0.4 is 10.6 Å². The fourth-order valence-corrected chi connectivity index (χ4v) is 3.25. The molecule has 20 heavy (non-hydrogen) atoms. The maximum absolute atomic E-state index is 6.32. The normalized spacial score (nSPS) is 22.1. The third-order valence-corrected chi connectivity index (χ3v) is 4.16. The Labute approximate surface area is 119 Å². The molecule has 0 aromatic carbocycles. The second-order valence-electron chi connectivity index (χ2n) is 6.03. The molecule has 3 rings (SSSR count). The van der Waals surface area contributed by atoms with Gasteiger partial charge in [-0.25, -0.2) is 0 Å². The van der Waals surface area contributed by atoms with E-state index in [1.807, 2.05) is 11.7 Å². The van der Waals surface area contributed by atoms with E-state index in [4.69, 9.17) is 15.2 Å². The van der Waals surface area contributed by atoms with Crippen LogP contribution in [0.1, 0.15) is 38.3 Å². The first-order chi connectivity index (χ1) is 9.52. The van der Waals surface area contributed by atoms with Gasteiger partial charge in [0, 0.05) is 20.0 Å². The van der Waals surface area contributed by atoms with Crippen LogP contribution in [-0.4, -0.2) is 41.9 Å². The minimum absolute atomic E-state index is 0.327. The SMILES string of the molecule is CC(C)c1nn(C)c(N2CCCC3(C2)OCCO3)c1N. The van der Waals surface area contributed by atoms with Gasteiger partial charge in [-0.2, -0.15) is 5.10 Å². The lowest BCUT2D eigenvalue weighted by molar-refractivity contribution is -0.161. The van der Waals surface area contributed by atoms with Gasteiger partial charge in [-0.1, -0.05) is 13.8 Å². The maximum atomic E-state index is 6.32. The Kier molecular flexibility index (Phi) is 3.38. The highest BCUT2D eigenvalue weighted by atomic mass is 16.7. The standard InChI is InChI=1S/C14H24N4O2/c1-10(2)12-11(15)13(17(3)16-12)18-6-4-5-14(9-18)19-7-8-20-14/h10H,4-9,15H2,1-3H3. The van der Waals surface area contributed by atoms with Crippen LogP contribution in [0.3, 0.4) is 0 Å². The van der Waals surface area contributed by atoms with E-state index in [0.29, 0.717) is 19.1 Å². The van der Waals surface area contributed by atoms with Crippen molar-refractivity contribution in [2.45, 2.75) is 38.4 Å². The largest absolute Gasteiger partial charge is 0.394 e. The lowest BCUT2D eigenvalue weighted by Gasteiger charge is -2.39. The van der Waals surface area contributed by atoms with E-state index in [9.17, 15) is 0 Å². The van der Waals surface area contributed by atoms with E-state index in [2.05, 4.69) is 23.8 Å². The lowest BCUT2D eigenvalue weighted by Crippen LogP contribution is -2.49. The molecule has 112 valence electrons. The molecule has 0 atom stereocenters. The highest BCUT2D eigenvalue weighted by Crippen LogP contribution is 2.36. The zero-order chi connectivity index (χ0) is 14.3. The molecule has 0 unspecified atom stereocenters. The highest BCUT2D eigenvalue weighted by molar-refractivity contribution is 5.67. The molecule has 0 radical (unpaired) electrons. The van der Waals surface area contributed by atoms with Crippen molar-refractivity contribution in [3.8, 4) is 0 Å². The molecular formula is C14H24N4O2. The number of rotatable bonds is 2. The van der Waals surface area contributed by atoms with Crippen molar-refractivity contribution in [1.29, 1.82) is 0 Å². The van der Waals surface area contributed by atoms with Crippen LogP contribution in [0, 0.1) is 0 Å². The number of nitrogens with two attached hydrogens (primary N) is 1. The molecule has 0 saturated carbocycles. The fourth-order valence-electron chi connectivity index (χ4n) is 3.25. The average molecular weight is 280 g/mol. The Hall–Kier alpha value is -1.27. The molecule has 2 aliphatic heterocycles. The third-order valence-electron chi connectivity index (χ3n) is 4.16.